The van der Waals surface area contributed by atoms with E-state index in [1.54, 1.807) is 6.20 Å². The number of pyridine rings is 4. The first kappa shape index (κ1) is 22.1. The van der Waals surface area contributed by atoms with Gasteiger partial charge >= 0.3 is 0 Å². The summed E-state index contributed by atoms with van der Waals surface area (Å²) < 4.78 is 0. The molecule has 0 amide bonds. The molecule has 0 aromatic carbocycles. The van der Waals surface area contributed by atoms with Gasteiger partial charge in [-0.3, -0.25) is 25.0 Å². The first-order valence-corrected chi connectivity index (χ1v) is 12.0. The zero-order chi connectivity index (χ0) is 24.5. The molecule has 6 aromatic rings. The maximum absolute atomic E-state index is 4.68. The fourth-order valence-electron chi connectivity index (χ4n) is 4.56. The molecule has 0 aliphatic heterocycles. The fraction of sp³-hybridized carbons (Fsp3) is 0.179. The first-order chi connectivity index (χ1) is 17.7. The summed E-state index contributed by atoms with van der Waals surface area (Å²) in [5, 5.41) is 9.78. The third-order valence-corrected chi connectivity index (χ3v) is 6.35. The quantitative estimate of drug-likeness (QED) is 0.333. The lowest BCUT2D eigenvalue weighted by Crippen LogP contribution is -2.13. The summed E-state index contributed by atoms with van der Waals surface area (Å²) in [6, 6.07) is 12.3. The molecule has 36 heavy (non-hydrogen) atoms. The fourth-order valence-corrected chi connectivity index (χ4v) is 4.56. The van der Waals surface area contributed by atoms with Crippen LogP contribution in [0.3, 0.4) is 0 Å². The van der Waals surface area contributed by atoms with Crippen LogP contribution >= 0.6 is 0 Å². The molecular formula is C28H26N8. The van der Waals surface area contributed by atoms with Crippen LogP contribution in [0, 0.1) is 0 Å². The Hall–Kier alpha value is -4.43. The number of rotatable bonds is 7. The summed E-state index contributed by atoms with van der Waals surface area (Å²) in [7, 11) is 4.19. The van der Waals surface area contributed by atoms with Gasteiger partial charge in [0.2, 0.25) is 0 Å². The van der Waals surface area contributed by atoms with E-state index in [9.17, 15) is 0 Å². The van der Waals surface area contributed by atoms with Crippen molar-refractivity contribution in [3.63, 3.8) is 0 Å². The summed E-state index contributed by atoms with van der Waals surface area (Å²) in [6.07, 6.45) is 13.1. The number of aryl methyl sites for hydroxylation is 1. The monoisotopic (exact) mass is 474 g/mol. The lowest BCUT2D eigenvalue weighted by Gasteiger charge is -2.09. The maximum Gasteiger partial charge on any atom is 0.116 e. The summed E-state index contributed by atoms with van der Waals surface area (Å²) in [5.41, 5.74) is 8.61. The minimum atomic E-state index is 0.845. The molecule has 8 heteroatoms. The lowest BCUT2D eigenvalue weighted by molar-refractivity contribution is 0.400. The van der Waals surface area contributed by atoms with Crippen molar-refractivity contribution in [3.8, 4) is 33.9 Å². The van der Waals surface area contributed by atoms with Crippen LogP contribution in [-0.2, 0) is 6.42 Å². The van der Waals surface area contributed by atoms with Crippen LogP contribution in [0.5, 0.6) is 0 Å². The smallest absolute Gasteiger partial charge is 0.116 e. The van der Waals surface area contributed by atoms with E-state index in [1.165, 1.54) is 5.56 Å². The Kier molecular flexibility index (Phi) is 5.71. The number of nitrogens with zero attached hydrogens (tertiary/aromatic N) is 6. The molecule has 6 heterocycles. The number of H-pyrrole nitrogens is 2. The summed E-state index contributed by atoms with van der Waals surface area (Å²) in [5.74, 6) is 0. The van der Waals surface area contributed by atoms with Gasteiger partial charge in [-0.15, -0.1) is 0 Å². The zero-order valence-corrected chi connectivity index (χ0v) is 20.2. The number of hydrogen-bond acceptors (Lipinski definition) is 6. The lowest BCUT2D eigenvalue weighted by atomic mass is 10.1. The van der Waals surface area contributed by atoms with E-state index in [0.29, 0.717) is 0 Å². The summed E-state index contributed by atoms with van der Waals surface area (Å²) >= 11 is 0. The third-order valence-electron chi connectivity index (χ3n) is 6.35. The predicted molar refractivity (Wildman–Crippen MR) is 142 cm³/mol. The maximum atomic E-state index is 4.68. The summed E-state index contributed by atoms with van der Waals surface area (Å²) in [6.45, 7) is 1.05. The van der Waals surface area contributed by atoms with Gasteiger partial charge in [-0.25, -0.2) is 0 Å². The van der Waals surface area contributed by atoms with Crippen LogP contribution in [0.15, 0.2) is 73.6 Å². The van der Waals surface area contributed by atoms with Crippen LogP contribution < -0.4 is 0 Å². The molecule has 0 aliphatic rings. The average molecular weight is 475 g/mol. The van der Waals surface area contributed by atoms with E-state index in [0.717, 1.165) is 75.1 Å². The van der Waals surface area contributed by atoms with E-state index < -0.39 is 0 Å². The van der Waals surface area contributed by atoms with E-state index in [-0.39, 0.29) is 0 Å². The van der Waals surface area contributed by atoms with Gasteiger partial charge < -0.3 is 9.88 Å². The average Bonchev–Trinajstić information content (AvgIpc) is 3.53. The molecule has 178 valence electrons. The van der Waals surface area contributed by atoms with Crippen molar-refractivity contribution in [2.45, 2.75) is 12.8 Å². The molecule has 6 rings (SSSR count). The van der Waals surface area contributed by atoms with Gasteiger partial charge in [0.15, 0.2) is 0 Å². The molecule has 0 fully saturated rings. The Bertz CT molecular complexity index is 1650. The van der Waals surface area contributed by atoms with Gasteiger partial charge in [0.25, 0.3) is 0 Å². The van der Waals surface area contributed by atoms with Crippen LogP contribution in [0.1, 0.15) is 12.0 Å². The second-order valence-electron chi connectivity index (χ2n) is 9.22. The second kappa shape index (κ2) is 9.31. The van der Waals surface area contributed by atoms with Crippen molar-refractivity contribution in [3.05, 3.63) is 79.1 Å². The molecule has 6 aromatic heterocycles. The molecule has 0 atom stereocenters. The van der Waals surface area contributed by atoms with Crippen LogP contribution in [0.25, 0.3) is 55.7 Å². The highest BCUT2D eigenvalue weighted by Crippen LogP contribution is 2.33. The van der Waals surface area contributed by atoms with Gasteiger partial charge in [0, 0.05) is 58.4 Å². The Balaban J connectivity index is 1.38. The van der Waals surface area contributed by atoms with E-state index in [1.807, 2.05) is 49.2 Å². The molecule has 0 radical (unpaired) electrons. The van der Waals surface area contributed by atoms with Crippen molar-refractivity contribution < 1.29 is 0 Å². The minimum Gasteiger partial charge on any atom is -0.353 e. The van der Waals surface area contributed by atoms with Gasteiger partial charge in [-0.1, -0.05) is 0 Å². The number of aromatic nitrogens is 7. The van der Waals surface area contributed by atoms with Crippen molar-refractivity contribution in [2.75, 3.05) is 20.6 Å². The van der Waals surface area contributed by atoms with Crippen LogP contribution in [0.2, 0.25) is 0 Å². The number of fused-ring (bicyclic) bond motifs is 2. The Morgan fingerprint density at radius 1 is 0.806 bits per heavy atom. The molecular weight excluding hydrogens is 448 g/mol. The largest absolute Gasteiger partial charge is 0.353 e. The second-order valence-corrected chi connectivity index (χ2v) is 9.22. The standard InChI is InChI=1S/C28H26N8/c1-36(2)10-4-5-18-11-20(16-30-14-18)24-12-22-26(17-32-24)34-35-28(22)25-13-21-23(33-25)7-9-31-27(21)19-6-3-8-29-15-19/h3,6-9,11-17,33H,4-5,10H2,1-2H3,(H,34,35). The van der Waals surface area contributed by atoms with Crippen LogP contribution in [0.4, 0.5) is 0 Å². The van der Waals surface area contributed by atoms with E-state index in [2.05, 4.69) is 72.3 Å². The van der Waals surface area contributed by atoms with E-state index >= 15 is 0 Å². The highest BCUT2D eigenvalue weighted by Gasteiger charge is 2.15. The van der Waals surface area contributed by atoms with Crippen molar-refractivity contribution in [2.24, 2.45) is 0 Å². The Morgan fingerprint density at radius 3 is 2.56 bits per heavy atom. The molecule has 0 spiro atoms. The molecule has 0 saturated carbocycles. The van der Waals surface area contributed by atoms with Gasteiger partial charge in [-0.05, 0) is 75.4 Å². The Morgan fingerprint density at radius 2 is 1.69 bits per heavy atom. The van der Waals surface area contributed by atoms with Gasteiger partial charge in [0.1, 0.15) is 5.69 Å². The molecule has 0 aliphatic carbocycles. The Labute approximate surface area is 208 Å². The highest BCUT2D eigenvalue weighted by atomic mass is 15.1. The van der Waals surface area contributed by atoms with Crippen LogP contribution in [-0.4, -0.2) is 60.7 Å². The number of hydrogen-bond donors (Lipinski definition) is 2. The van der Waals surface area contributed by atoms with Gasteiger partial charge in [0.05, 0.1) is 28.8 Å². The highest BCUT2D eigenvalue weighted by molar-refractivity contribution is 6.00. The third kappa shape index (κ3) is 4.23. The van der Waals surface area contributed by atoms with Gasteiger partial charge in [-0.2, -0.15) is 5.10 Å². The van der Waals surface area contributed by atoms with E-state index in [4.69, 9.17) is 0 Å². The first-order valence-electron chi connectivity index (χ1n) is 12.0. The van der Waals surface area contributed by atoms with Crippen molar-refractivity contribution in [1.82, 2.24) is 40.0 Å². The minimum absolute atomic E-state index is 0.845. The molecule has 0 unspecified atom stereocenters. The molecule has 0 bridgehead atoms. The normalized spacial score (nSPS) is 11.6. The van der Waals surface area contributed by atoms with Crippen molar-refractivity contribution in [1.29, 1.82) is 0 Å². The topological polar surface area (TPSA) is 99.3 Å². The predicted octanol–water partition coefficient (Wildman–Crippen LogP) is 5.12. The molecule has 2 N–H and O–H groups in total. The zero-order valence-electron chi connectivity index (χ0n) is 20.2. The summed E-state index contributed by atoms with van der Waals surface area (Å²) in [4.78, 5) is 23.8. The number of nitrogens with one attached hydrogen (secondary N) is 2. The number of aromatic amines is 2. The molecule has 0 saturated heterocycles. The van der Waals surface area contributed by atoms with Crippen molar-refractivity contribution >= 4 is 21.8 Å². The molecule has 8 nitrogen and oxygen atoms in total. The SMILES string of the molecule is CN(C)CCCc1cncc(-c2cc3c(-c4cc5c(-c6cccnc6)nccc5[nH]4)n[nH]c3cn2)c1.